The van der Waals surface area contributed by atoms with Crippen molar-refractivity contribution in [3.63, 3.8) is 0 Å². The molecule has 0 atom stereocenters. The molecule has 9 nitrogen and oxygen atoms in total. The number of hydrogen-bond donors (Lipinski definition) is 0. The lowest BCUT2D eigenvalue weighted by molar-refractivity contribution is 0.174. The van der Waals surface area contributed by atoms with Crippen LogP contribution in [0.25, 0.3) is 22.8 Å². The number of nitrogens with zero attached hydrogens (tertiary/aromatic N) is 5. The fourth-order valence-corrected chi connectivity index (χ4v) is 4.33. The maximum absolute atomic E-state index is 5.50. The number of hydrogen-bond acceptors (Lipinski definition) is 9. The van der Waals surface area contributed by atoms with Crippen molar-refractivity contribution in [3.8, 4) is 40.1 Å². The van der Waals surface area contributed by atoms with E-state index in [-0.39, 0.29) is 0 Å². The number of ether oxygens (including phenoxy) is 3. The van der Waals surface area contributed by atoms with Crippen LogP contribution in [0.4, 0.5) is 5.82 Å². The Hall–Kier alpha value is -4.11. The Morgan fingerprint density at radius 3 is 2.46 bits per heavy atom. The Kier molecular flexibility index (Phi) is 5.67. The Morgan fingerprint density at radius 2 is 1.69 bits per heavy atom. The molecule has 1 fully saturated rings. The van der Waals surface area contributed by atoms with Gasteiger partial charge in [0.25, 0.3) is 5.89 Å². The highest BCUT2D eigenvalue weighted by Gasteiger charge is 2.20. The first kappa shape index (κ1) is 21.4. The first-order valence-corrected chi connectivity index (χ1v) is 11.6. The summed E-state index contributed by atoms with van der Waals surface area (Å²) in [5, 5.41) is 4.11. The van der Waals surface area contributed by atoms with Crippen molar-refractivity contribution >= 4 is 5.82 Å². The Labute approximate surface area is 202 Å². The molecule has 0 radical (unpaired) electrons. The summed E-state index contributed by atoms with van der Waals surface area (Å²) in [5.74, 6) is 4.37. The molecule has 4 heterocycles. The molecule has 1 saturated heterocycles. The van der Waals surface area contributed by atoms with Crippen LogP contribution in [0.15, 0.2) is 65.3 Å². The van der Waals surface area contributed by atoms with Crippen LogP contribution in [0.5, 0.6) is 17.2 Å². The maximum atomic E-state index is 5.50. The standard InChI is InChI=1S/C26H25N5O4/c1-32-21-6-3-19(4-7-21)25-28-26(35-29-25)20-5-9-24(27-15-20)31-12-10-30(11-13-31)16-18-2-8-22-23(14-18)34-17-33-22/h2-9,14-15H,10-13,16-17H2,1H3. The minimum absolute atomic E-state index is 0.305. The summed E-state index contributed by atoms with van der Waals surface area (Å²) in [6, 6.07) is 17.7. The zero-order valence-corrected chi connectivity index (χ0v) is 19.4. The second kappa shape index (κ2) is 9.27. The highest BCUT2D eigenvalue weighted by molar-refractivity contribution is 5.61. The maximum Gasteiger partial charge on any atom is 0.259 e. The Balaban J connectivity index is 1.06. The quantitative estimate of drug-likeness (QED) is 0.416. The summed E-state index contributed by atoms with van der Waals surface area (Å²) in [4.78, 5) is 13.9. The van der Waals surface area contributed by atoms with Gasteiger partial charge in [0.1, 0.15) is 11.6 Å². The van der Waals surface area contributed by atoms with Crippen molar-refractivity contribution in [1.82, 2.24) is 20.0 Å². The fraction of sp³-hybridized carbons (Fsp3) is 0.269. The highest BCUT2D eigenvalue weighted by atomic mass is 16.7. The summed E-state index contributed by atoms with van der Waals surface area (Å²) in [6.45, 7) is 4.96. The van der Waals surface area contributed by atoms with Crippen molar-refractivity contribution in [3.05, 3.63) is 66.4 Å². The van der Waals surface area contributed by atoms with Gasteiger partial charge in [-0.1, -0.05) is 11.2 Å². The van der Waals surface area contributed by atoms with Gasteiger partial charge < -0.3 is 23.6 Å². The van der Waals surface area contributed by atoms with Gasteiger partial charge in [-0.2, -0.15) is 4.98 Å². The molecule has 35 heavy (non-hydrogen) atoms. The second-order valence-electron chi connectivity index (χ2n) is 8.51. The monoisotopic (exact) mass is 471 g/mol. The molecule has 0 unspecified atom stereocenters. The van der Waals surface area contributed by atoms with Crippen LogP contribution in [-0.2, 0) is 6.54 Å². The number of benzene rings is 2. The molecule has 6 rings (SSSR count). The van der Waals surface area contributed by atoms with Crippen molar-refractivity contribution < 1.29 is 18.7 Å². The lowest BCUT2D eigenvalue weighted by Crippen LogP contribution is -2.46. The van der Waals surface area contributed by atoms with E-state index in [2.05, 4.69) is 37.1 Å². The van der Waals surface area contributed by atoms with Crippen LogP contribution >= 0.6 is 0 Å². The molecule has 0 N–H and O–H groups in total. The molecule has 2 aliphatic heterocycles. The summed E-state index contributed by atoms with van der Waals surface area (Å²) < 4.78 is 21.6. The molecule has 2 aliphatic rings. The molecular formula is C26H25N5O4. The van der Waals surface area contributed by atoms with Crippen LogP contribution in [0.2, 0.25) is 0 Å². The third-order valence-corrected chi connectivity index (χ3v) is 6.31. The van der Waals surface area contributed by atoms with Gasteiger partial charge in [-0.15, -0.1) is 0 Å². The smallest absolute Gasteiger partial charge is 0.259 e. The summed E-state index contributed by atoms with van der Waals surface area (Å²) in [5.41, 5.74) is 2.89. The molecule has 2 aromatic carbocycles. The zero-order chi connectivity index (χ0) is 23.6. The lowest BCUT2D eigenvalue weighted by atomic mass is 10.1. The molecule has 4 aromatic rings. The van der Waals surface area contributed by atoms with Crippen LogP contribution in [0.1, 0.15) is 5.56 Å². The van der Waals surface area contributed by atoms with Gasteiger partial charge in [0.2, 0.25) is 12.6 Å². The Bertz CT molecular complexity index is 1300. The van der Waals surface area contributed by atoms with E-state index in [1.807, 2.05) is 42.5 Å². The minimum Gasteiger partial charge on any atom is -0.497 e. The molecule has 0 bridgehead atoms. The van der Waals surface area contributed by atoms with Gasteiger partial charge in [0.15, 0.2) is 11.5 Å². The number of anilines is 1. The van der Waals surface area contributed by atoms with E-state index in [0.29, 0.717) is 18.5 Å². The minimum atomic E-state index is 0.305. The molecule has 2 aromatic heterocycles. The number of methoxy groups -OCH3 is 1. The van der Waals surface area contributed by atoms with E-state index < -0.39 is 0 Å². The van der Waals surface area contributed by atoms with Gasteiger partial charge >= 0.3 is 0 Å². The summed E-state index contributed by atoms with van der Waals surface area (Å²) >= 11 is 0. The highest BCUT2D eigenvalue weighted by Crippen LogP contribution is 2.33. The largest absolute Gasteiger partial charge is 0.497 e. The first-order chi connectivity index (χ1) is 17.2. The SMILES string of the molecule is COc1ccc(-c2noc(-c3ccc(N4CCN(Cc5ccc6c(c5)OCO6)CC4)nc3)n2)cc1. The average Bonchev–Trinajstić information content (AvgIpc) is 3.59. The lowest BCUT2D eigenvalue weighted by Gasteiger charge is -2.35. The van der Waals surface area contributed by atoms with Gasteiger partial charge in [0.05, 0.1) is 12.7 Å². The topological polar surface area (TPSA) is 86.0 Å². The number of piperazine rings is 1. The van der Waals surface area contributed by atoms with Crippen LogP contribution in [0, 0.1) is 0 Å². The summed E-state index contributed by atoms with van der Waals surface area (Å²) in [6.07, 6.45) is 1.79. The third-order valence-electron chi connectivity index (χ3n) is 6.31. The molecular weight excluding hydrogens is 446 g/mol. The van der Waals surface area contributed by atoms with E-state index in [9.17, 15) is 0 Å². The predicted molar refractivity (Wildman–Crippen MR) is 130 cm³/mol. The van der Waals surface area contributed by atoms with Crippen molar-refractivity contribution in [1.29, 1.82) is 0 Å². The van der Waals surface area contributed by atoms with Gasteiger partial charge in [-0.25, -0.2) is 4.98 Å². The molecule has 9 heteroatoms. The molecule has 0 saturated carbocycles. The second-order valence-corrected chi connectivity index (χ2v) is 8.51. The van der Waals surface area contributed by atoms with E-state index in [1.54, 1.807) is 13.3 Å². The number of fused-ring (bicyclic) bond motifs is 1. The van der Waals surface area contributed by atoms with Crippen LogP contribution < -0.4 is 19.1 Å². The average molecular weight is 472 g/mol. The van der Waals surface area contributed by atoms with Crippen LogP contribution in [0.3, 0.4) is 0 Å². The van der Waals surface area contributed by atoms with E-state index in [4.69, 9.17) is 18.7 Å². The normalized spacial score (nSPS) is 15.4. The van der Waals surface area contributed by atoms with Gasteiger partial charge in [0, 0.05) is 44.5 Å². The van der Waals surface area contributed by atoms with E-state index in [0.717, 1.165) is 66.9 Å². The van der Waals surface area contributed by atoms with E-state index in [1.165, 1.54) is 5.56 Å². The molecule has 0 amide bonds. The fourth-order valence-electron chi connectivity index (χ4n) is 4.33. The van der Waals surface area contributed by atoms with Gasteiger partial charge in [-0.3, -0.25) is 4.90 Å². The van der Waals surface area contributed by atoms with Crippen LogP contribution in [-0.4, -0.2) is 60.1 Å². The number of pyridine rings is 1. The molecule has 0 aliphatic carbocycles. The number of aromatic nitrogens is 3. The number of rotatable bonds is 6. The summed E-state index contributed by atoms with van der Waals surface area (Å²) in [7, 11) is 1.64. The molecule has 178 valence electrons. The third kappa shape index (κ3) is 4.50. The predicted octanol–water partition coefficient (Wildman–Crippen LogP) is 3.86. The van der Waals surface area contributed by atoms with Crippen molar-refractivity contribution in [2.75, 3.05) is 45.0 Å². The van der Waals surface area contributed by atoms with Gasteiger partial charge in [-0.05, 0) is 54.1 Å². The Morgan fingerprint density at radius 1 is 0.886 bits per heavy atom. The first-order valence-electron chi connectivity index (χ1n) is 11.6. The van der Waals surface area contributed by atoms with Crippen molar-refractivity contribution in [2.45, 2.75) is 6.54 Å². The van der Waals surface area contributed by atoms with Crippen molar-refractivity contribution in [2.24, 2.45) is 0 Å². The molecule has 0 spiro atoms. The zero-order valence-electron chi connectivity index (χ0n) is 19.4. The van der Waals surface area contributed by atoms with E-state index >= 15 is 0 Å².